The van der Waals surface area contributed by atoms with Gasteiger partial charge < -0.3 is 14.7 Å². The number of para-hydroxylation sites is 1. The topological polar surface area (TPSA) is 9.72 Å². The fourth-order valence-electron chi connectivity index (χ4n) is 3.25. The Morgan fingerprint density at radius 2 is 1.58 bits per heavy atom. The summed E-state index contributed by atoms with van der Waals surface area (Å²) < 4.78 is 0. The standard InChI is InChI=1S/C21H28N3.Au.ClH/c1-15(2)19-8-7-9-20(16(3)4)21(19)24-13-18-12-17(22(5)6)10-11-23(18)14-24;;/h7-16H,1-6H3;;1H/q-1;+1;/p-1. The van der Waals surface area contributed by atoms with Gasteiger partial charge in [0, 0.05) is 31.2 Å². The molecule has 0 fully saturated rings. The molecule has 3 rings (SSSR count). The van der Waals surface area contributed by atoms with Crippen molar-refractivity contribution in [2.24, 2.45) is 0 Å². The predicted octanol–water partition coefficient (Wildman–Crippen LogP) is 5.68. The normalized spacial score (nSPS) is 15.7. The first-order valence-electron chi connectivity index (χ1n) is 8.83. The molecule has 0 saturated carbocycles. The minimum atomic E-state index is 0.492. The van der Waals surface area contributed by atoms with Crippen LogP contribution in [0, 0.1) is 6.67 Å². The molecule has 2 aliphatic heterocycles. The Balaban J connectivity index is 0.00000117. The van der Waals surface area contributed by atoms with Gasteiger partial charge in [0.15, 0.2) is 0 Å². The van der Waals surface area contributed by atoms with Crippen LogP contribution in [-0.2, 0) is 20.0 Å². The number of anilines is 1. The van der Waals surface area contributed by atoms with Gasteiger partial charge in [-0.25, -0.2) is 0 Å². The molecule has 3 nitrogen and oxygen atoms in total. The van der Waals surface area contributed by atoms with Crippen LogP contribution in [0.4, 0.5) is 5.69 Å². The van der Waals surface area contributed by atoms with Crippen molar-refractivity contribution in [3.05, 3.63) is 71.9 Å². The van der Waals surface area contributed by atoms with Gasteiger partial charge >= 0.3 is 29.2 Å². The second-order valence-corrected chi connectivity index (χ2v) is 7.36. The zero-order valence-corrected chi connectivity index (χ0v) is 19.2. The molecule has 0 spiro atoms. The molecule has 2 aliphatic rings. The number of halogens is 1. The van der Waals surface area contributed by atoms with Crippen LogP contribution in [0.1, 0.15) is 50.7 Å². The third kappa shape index (κ3) is 4.40. The summed E-state index contributed by atoms with van der Waals surface area (Å²) in [5.41, 5.74) is 6.55. The average Bonchev–Trinajstić information content (AvgIpc) is 3.05. The van der Waals surface area contributed by atoms with Crippen LogP contribution in [0.2, 0.25) is 0 Å². The minimum absolute atomic E-state index is 0.492. The van der Waals surface area contributed by atoms with E-state index in [2.05, 4.69) is 115 Å². The quantitative estimate of drug-likeness (QED) is 0.351. The van der Waals surface area contributed by atoms with Crippen molar-refractivity contribution in [3.8, 4) is 0 Å². The molecular formula is C21H28AuClN3-. The zero-order valence-electron chi connectivity index (χ0n) is 16.3. The van der Waals surface area contributed by atoms with Gasteiger partial charge in [-0.15, -0.1) is 6.67 Å². The van der Waals surface area contributed by atoms with E-state index in [0.717, 1.165) is 0 Å². The zero-order chi connectivity index (χ0) is 19.4. The molecule has 0 aromatic heterocycles. The molecule has 2 heterocycles. The molecule has 0 N–H and O–H groups in total. The molecule has 0 radical (unpaired) electrons. The Morgan fingerprint density at radius 3 is 2.08 bits per heavy atom. The van der Waals surface area contributed by atoms with Crippen LogP contribution in [0.3, 0.4) is 0 Å². The number of fused-ring (bicyclic) bond motifs is 1. The van der Waals surface area contributed by atoms with Gasteiger partial charge in [-0.1, -0.05) is 45.9 Å². The van der Waals surface area contributed by atoms with E-state index in [4.69, 9.17) is 0 Å². The molecule has 1 aromatic rings. The van der Waals surface area contributed by atoms with Crippen LogP contribution < -0.4 is 4.90 Å². The second-order valence-electron chi connectivity index (χ2n) is 7.36. The third-order valence-corrected chi connectivity index (χ3v) is 4.64. The van der Waals surface area contributed by atoms with Crippen molar-refractivity contribution in [2.45, 2.75) is 39.5 Å². The second kappa shape index (κ2) is 9.18. The van der Waals surface area contributed by atoms with E-state index in [0.29, 0.717) is 11.8 Å². The summed E-state index contributed by atoms with van der Waals surface area (Å²) in [6, 6.07) is 6.70. The van der Waals surface area contributed by atoms with Crippen LogP contribution in [0.15, 0.2) is 54.1 Å². The molecule has 0 unspecified atom stereocenters. The van der Waals surface area contributed by atoms with E-state index in [1.54, 1.807) is 20.0 Å². The van der Waals surface area contributed by atoms with Gasteiger partial charge in [0.05, 0.1) is 0 Å². The summed E-state index contributed by atoms with van der Waals surface area (Å²) in [6.07, 6.45) is 8.74. The molecule has 0 bridgehead atoms. The van der Waals surface area contributed by atoms with E-state index >= 15 is 0 Å². The van der Waals surface area contributed by atoms with Crippen molar-refractivity contribution in [2.75, 3.05) is 19.0 Å². The first-order chi connectivity index (χ1) is 12.4. The molecule has 0 atom stereocenters. The Bertz CT molecular complexity index is 694. The van der Waals surface area contributed by atoms with Crippen LogP contribution in [-0.4, -0.2) is 23.9 Å². The number of hydrogen-bond donors (Lipinski definition) is 0. The summed E-state index contributed by atoms with van der Waals surface area (Å²) >= 11 is 1.75. The van der Waals surface area contributed by atoms with E-state index in [9.17, 15) is 0 Å². The Hall–Kier alpha value is -1.13. The maximum absolute atomic E-state index is 4.58. The summed E-state index contributed by atoms with van der Waals surface area (Å²) in [5, 5.41) is 0. The molecule has 0 saturated heterocycles. The van der Waals surface area contributed by atoms with Gasteiger partial charge in [0.25, 0.3) is 0 Å². The Kier molecular flexibility index (Phi) is 7.48. The fraction of sp³-hybridized carbons (Fsp3) is 0.381. The molecular weight excluding hydrogens is 527 g/mol. The molecule has 0 amide bonds. The van der Waals surface area contributed by atoms with Crippen LogP contribution >= 0.6 is 9.19 Å². The number of nitrogens with zero attached hydrogens (tertiary/aromatic N) is 3. The average molecular weight is 555 g/mol. The van der Waals surface area contributed by atoms with E-state index in [-0.39, 0.29) is 0 Å². The van der Waals surface area contributed by atoms with Crippen molar-refractivity contribution in [3.63, 3.8) is 0 Å². The number of allylic oxidation sites excluding steroid dienone is 2. The molecule has 5 heteroatoms. The number of likely N-dealkylation sites (N-methyl/N-ethyl adjacent to an activating group) is 1. The number of rotatable bonds is 4. The van der Waals surface area contributed by atoms with Gasteiger partial charge in [0.2, 0.25) is 0 Å². The van der Waals surface area contributed by atoms with Gasteiger partial charge in [-0.05, 0) is 47.5 Å². The van der Waals surface area contributed by atoms with Gasteiger partial charge in [0.1, 0.15) is 0 Å². The maximum atomic E-state index is 4.58. The first kappa shape index (κ1) is 21.2. The predicted molar refractivity (Wildman–Crippen MR) is 108 cm³/mol. The van der Waals surface area contributed by atoms with Crippen LogP contribution in [0.25, 0.3) is 0 Å². The number of hydrogen-bond acceptors (Lipinski definition) is 3. The summed E-state index contributed by atoms with van der Waals surface area (Å²) in [5.74, 6) is 0.984. The summed E-state index contributed by atoms with van der Waals surface area (Å²) in [6.45, 7) is 11.3. The molecule has 146 valence electrons. The van der Waals surface area contributed by atoms with E-state index < -0.39 is 0 Å². The first-order valence-corrected chi connectivity index (χ1v) is 11.5. The van der Waals surface area contributed by atoms with Gasteiger partial charge in [-0.2, -0.15) is 0 Å². The van der Waals surface area contributed by atoms with Crippen molar-refractivity contribution in [1.82, 2.24) is 9.80 Å². The number of benzene rings is 1. The van der Waals surface area contributed by atoms with E-state index in [1.165, 1.54) is 28.2 Å². The third-order valence-electron chi connectivity index (χ3n) is 4.64. The molecule has 26 heavy (non-hydrogen) atoms. The Labute approximate surface area is 174 Å². The Morgan fingerprint density at radius 1 is 1.00 bits per heavy atom. The van der Waals surface area contributed by atoms with Crippen molar-refractivity contribution in [1.29, 1.82) is 0 Å². The molecule has 1 aromatic carbocycles. The van der Waals surface area contributed by atoms with Crippen LogP contribution in [0.5, 0.6) is 0 Å². The van der Waals surface area contributed by atoms with Gasteiger partial charge in [-0.3, -0.25) is 0 Å². The van der Waals surface area contributed by atoms with E-state index in [1.807, 2.05) is 0 Å². The monoisotopic (exact) mass is 554 g/mol. The fourth-order valence-corrected chi connectivity index (χ4v) is 3.25. The SMILES string of the molecule is CC(C)c1cccc(C(C)C)c1N1C=C2C=C(N(C)C)C=CN2[CH-]1.[Cl][Au]. The van der Waals surface area contributed by atoms with Crippen molar-refractivity contribution < 1.29 is 20.0 Å². The molecule has 0 aliphatic carbocycles. The summed E-state index contributed by atoms with van der Waals surface area (Å²) in [7, 11) is 8.74. The van der Waals surface area contributed by atoms with Crippen molar-refractivity contribution >= 4 is 14.9 Å². The summed E-state index contributed by atoms with van der Waals surface area (Å²) in [4.78, 5) is 6.62.